The van der Waals surface area contributed by atoms with Crippen molar-refractivity contribution < 1.29 is 103 Å². The molecule has 0 bridgehead atoms. The van der Waals surface area contributed by atoms with Gasteiger partial charge in [-0.25, -0.2) is 21.4 Å². The third kappa shape index (κ3) is 20.6. The van der Waals surface area contributed by atoms with Crippen LogP contribution in [-0.2, 0) is 138 Å². The van der Waals surface area contributed by atoms with Gasteiger partial charge in [0.15, 0.2) is 0 Å². The minimum Gasteiger partial charge on any atom is -0.708 e. The number of benzene rings is 4. The van der Waals surface area contributed by atoms with E-state index in [2.05, 4.69) is 115 Å². The van der Waals surface area contributed by atoms with Gasteiger partial charge in [0.05, 0.1) is 28.2 Å². The van der Waals surface area contributed by atoms with Crippen LogP contribution in [-0.4, -0.2) is 48.2 Å². The summed E-state index contributed by atoms with van der Waals surface area (Å²) < 4.78 is 15.1. The summed E-state index contributed by atoms with van der Waals surface area (Å²) in [6.07, 6.45) is 39.7. The van der Waals surface area contributed by atoms with E-state index in [-0.39, 0.29) is 84.3 Å². The molecule has 12 heterocycles. The Bertz CT molecular complexity index is 4720. The second-order valence-electron chi connectivity index (χ2n) is 22.8. The Balaban J connectivity index is 0.000000155. The molecule has 4 aromatic carbocycles. The third-order valence-electron chi connectivity index (χ3n) is 15.2. The maximum atomic E-state index is 4.74. The van der Waals surface area contributed by atoms with E-state index in [1.807, 2.05) is 261 Å². The average molecular weight is 2050 g/mol. The Kier molecular flexibility index (Phi) is 27.1. The summed E-state index contributed by atoms with van der Waals surface area (Å²) in [5.41, 5.74) is 16.8. The fraction of sp³-hybridized carbons (Fsp3) is 0.114. The van der Waals surface area contributed by atoms with E-state index in [1.165, 1.54) is 0 Å². The van der Waals surface area contributed by atoms with Crippen molar-refractivity contribution in [2.75, 3.05) is 0 Å². The molecule has 0 fully saturated rings. The topological polar surface area (TPSA) is 169 Å². The Morgan fingerprint density at radius 1 is 0.376 bits per heavy atom. The van der Waals surface area contributed by atoms with Crippen LogP contribution >= 0.6 is 0 Å². The standard InChI is InChI=1S/C21H18N4.C20H16N4.2C19H15N5.4Pt/c1-16-9-10-20(22-16)18-6-3-5-17(13-18)14-19-7-4-8-21(23-19)25-12-11-24(2)15-25;1-23-11-12-24(15-23)20-9-3-7-18(22-20)14-16-5-2-6-17(13-16)19-8-4-10-21-19;1-23-10-11-24(14-23)17-5-2-4-15(13-17)12-16-7-9-21-19(22-16)18-6-3-8-20-18;1-23-8-9-24(14-23)19-7-3-6-17(22-19)11-15-4-2-5-16(10-15)18-12-20-13-21-18;;;;/h3-12H,14H2,1-2H3;2-12H,14H2,1H3;2-11H,12H2,1H3;2-9,12-13H,11H2,1H3;;;;/q4*-2;;;;. The molecule has 18 nitrogen and oxygen atoms in total. The molecule has 22 heteroatoms. The van der Waals surface area contributed by atoms with Crippen molar-refractivity contribution in [3.63, 3.8) is 0 Å². The molecule has 0 spiro atoms. The van der Waals surface area contributed by atoms with Crippen LogP contribution < -0.4 is 38.2 Å². The molecule has 0 amide bonds. The van der Waals surface area contributed by atoms with Crippen LogP contribution in [0.1, 0.15) is 50.7 Å². The molecule has 0 N–H and O–H groups in total. The quantitative estimate of drug-likeness (QED) is 0.0672. The number of pyridine rings is 3. The summed E-state index contributed by atoms with van der Waals surface area (Å²) in [6, 6.07) is 70.0. The van der Waals surface area contributed by atoms with Crippen LogP contribution in [0.4, 0.5) is 0 Å². The Morgan fingerprint density at radius 2 is 0.792 bits per heavy atom. The van der Waals surface area contributed by atoms with Gasteiger partial charge in [0.25, 0.3) is 0 Å². The molecule has 0 aliphatic heterocycles. The monoisotopic (exact) mass is 2040 g/mol. The zero-order valence-corrected chi connectivity index (χ0v) is 64.4. The molecular formula is C79H64N18Pt4-8. The van der Waals surface area contributed by atoms with Crippen molar-refractivity contribution >= 4 is 0 Å². The molecule has 16 aromatic rings. The maximum Gasteiger partial charge on any atom is 0.244 e. The van der Waals surface area contributed by atoms with Crippen LogP contribution in [0.2, 0.25) is 0 Å². The van der Waals surface area contributed by atoms with Gasteiger partial charge < -0.3 is 61.5 Å². The van der Waals surface area contributed by atoms with Crippen molar-refractivity contribution in [2.45, 2.75) is 32.6 Å². The van der Waals surface area contributed by atoms with E-state index in [9.17, 15) is 0 Å². The van der Waals surface area contributed by atoms with E-state index >= 15 is 0 Å². The van der Waals surface area contributed by atoms with Gasteiger partial charge in [-0.2, -0.15) is 59.0 Å². The predicted octanol–water partition coefficient (Wildman–Crippen LogP) is 9.14. The predicted molar refractivity (Wildman–Crippen MR) is 362 cm³/mol. The first-order valence-corrected chi connectivity index (χ1v) is 31.3. The summed E-state index contributed by atoms with van der Waals surface area (Å²) in [5, 5.41) is 0. The number of hydrogen-bond acceptors (Lipinski definition) is 6. The van der Waals surface area contributed by atoms with Crippen molar-refractivity contribution in [1.29, 1.82) is 0 Å². The SMILES string of the molecule is C[n+]1[c-]n(-c2[c-]c(Cc3ccnc(-c4ccc[n-]4)n3)ccc2)cc1.C[n+]1[c-]n(-c2cccc(Cc3[c-]c(-c4ccc[n-]4)ccc3)n2)cc1.C[n+]1[c-]n(-c2cccc(Cc3[c-]c(-c4cnc[n-]4)ccc3)n2)cc1.Cc1ccc(-c2[c-]c(Cc3cccc(-n4[c-][n+](C)cc4)n3)ccc2)[n-]1.[Pt].[Pt].[Pt].[Pt]. The van der Waals surface area contributed by atoms with Crippen molar-refractivity contribution in [2.24, 2.45) is 28.2 Å². The third-order valence-corrected chi connectivity index (χ3v) is 15.2. The van der Waals surface area contributed by atoms with Gasteiger partial charge in [-0.3, -0.25) is 15.0 Å². The van der Waals surface area contributed by atoms with Crippen LogP contribution in [0.3, 0.4) is 0 Å². The molecular weight excluding hydrogens is 1980 g/mol. The number of nitrogens with zero attached hydrogens (tertiary/aromatic N) is 18. The van der Waals surface area contributed by atoms with Crippen LogP contribution in [0.25, 0.3) is 68.4 Å². The zero-order chi connectivity index (χ0) is 66.3. The molecule has 0 aliphatic rings. The molecule has 0 saturated heterocycles. The van der Waals surface area contributed by atoms with E-state index in [1.54, 1.807) is 31.1 Å². The first kappa shape index (κ1) is 75.3. The van der Waals surface area contributed by atoms with Crippen molar-refractivity contribution in [3.05, 3.63) is 351 Å². The summed E-state index contributed by atoms with van der Waals surface area (Å²) in [4.78, 5) is 44.4. The average Bonchev–Trinajstić information content (AvgIpc) is 1.84. The molecule has 518 valence electrons. The van der Waals surface area contributed by atoms with Gasteiger partial charge in [0, 0.05) is 163 Å². The molecule has 0 aliphatic carbocycles. The van der Waals surface area contributed by atoms with Gasteiger partial charge in [0.1, 0.15) is 23.3 Å². The normalized spacial score (nSPS) is 10.5. The summed E-state index contributed by atoms with van der Waals surface area (Å²) >= 11 is 0. The van der Waals surface area contributed by atoms with Gasteiger partial charge in [0.2, 0.25) is 25.3 Å². The van der Waals surface area contributed by atoms with E-state index in [0.717, 1.165) is 126 Å². The van der Waals surface area contributed by atoms with Crippen molar-refractivity contribution in [3.8, 4) is 68.4 Å². The number of rotatable bonds is 16. The molecule has 101 heavy (non-hydrogen) atoms. The smallest absolute Gasteiger partial charge is 0.244 e. The van der Waals surface area contributed by atoms with E-state index in [0.29, 0.717) is 18.7 Å². The number of hydrogen-bond donors (Lipinski definition) is 0. The Labute approximate surface area is 645 Å². The molecule has 0 unspecified atom stereocenters. The summed E-state index contributed by atoms with van der Waals surface area (Å²) in [5.74, 6) is 3.23. The minimum absolute atomic E-state index is 0. The molecule has 16 rings (SSSR count). The van der Waals surface area contributed by atoms with Gasteiger partial charge in [-0.1, -0.05) is 60.8 Å². The Morgan fingerprint density at radius 3 is 1.21 bits per heavy atom. The first-order chi connectivity index (χ1) is 47.5. The van der Waals surface area contributed by atoms with E-state index < -0.39 is 0 Å². The maximum absolute atomic E-state index is 4.74. The summed E-state index contributed by atoms with van der Waals surface area (Å²) in [6.45, 7) is 2.00. The molecule has 12 aromatic heterocycles. The second-order valence-corrected chi connectivity index (χ2v) is 22.8. The first-order valence-electron chi connectivity index (χ1n) is 31.3. The zero-order valence-electron chi connectivity index (χ0n) is 55.3. The molecule has 0 atom stereocenters. The van der Waals surface area contributed by atoms with Crippen LogP contribution in [0.15, 0.2) is 251 Å². The van der Waals surface area contributed by atoms with Crippen LogP contribution in [0.5, 0.6) is 0 Å². The summed E-state index contributed by atoms with van der Waals surface area (Å²) in [7, 11) is 7.77. The second kappa shape index (κ2) is 36.4. The fourth-order valence-corrected chi connectivity index (χ4v) is 10.6. The van der Waals surface area contributed by atoms with E-state index in [4.69, 9.17) is 15.0 Å². The molecule has 0 saturated carbocycles. The minimum atomic E-state index is 0. The van der Waals surface area contributed by atoms with Crippen LogP contribution in [0, 0.1) is 56.5 Å². The Hall–Kier alpha value is -9.95. The number of aryl methyl sites for hydroxylation is 5. The number of imidazole rings is 5. The van der Waals surface area contributed by atoms with Gasteiger partial charge >= 0.3 is 0 Å². The number of aromatic nitrogens is 18. The fourth-order valence-electron chi connectivity index (χ4n) is 10.6. The largest absolute Gasteiger partial charge is 0.708 e. The van der Waals surface area contributed by atoms with Gasteiger partial charge in [-0.05, 0) is 68.1 Å². The van der Waals surface area contributed by atoms with Gasteiger partial charge in [-0.15, -0.1) is 125 Å². The molecule has 0 radical (unpaired) electrons. The van der Waals surface area contributed by atoms with Crippen molar-refractivity contribution in [1.82, 2.24) is 68.1 Å².